The molecule has 2 aromatic rings. The Morgan fingerprint density at radius 2 is 2.33 bits per heavy atom. The molecule has 2 heteroatoms. The van der Waals surface area contributed by atoms with Crippen molar-refractivity contribution in [1.29, 1.82) is 0 Å². The Morgan fingerprint density at radius 3 is 3.17 bits per heavy atom. The van der Waals surface area contributed by atoms with E-state index in [1.54, 1.807) is 25.1 Å². The van der Waals surface area contributed by atoms with Crippen molar-refractivity contribution in [1.82, 2.24) is 0 Å². The Hall–Kier alpha value is -1.57. The van der Waals surface area contributed by atoms with Crippen LogP contribution in [0.15, 0.2) is 33.5 Å². The van der Waals surface area contributed by atoms with Gasteiger partial charge in [-0.15, -0.1) is 0 Å². The lowest BCUT2D eigenvalue weighted by Gasteiger charge is -1.95. The number of para-hydroxylation sites is 1. The van der Waals surface area contributed by atoms with Crippen molar-refractivity contribution >= 4 is 11.0 Å². The molecule has 1 aromatic heterocycles. The van der Waals surface area contributed by atoms with Gasteiger partial charge in [-0.25, -0.2) is 0 Å². The summed E-state index contributed by atoms with van der Waals surface area (Å²) in [5.74, 6) is 0.620. The molecule has 0 aliphatic heterocycles. The van der Waals surface area contributed by atoms with Gasteiger partial charge in [-0.05, 0) is 13.0 Å². The summed E-state index contributed by atoms with van der Waals surface area (Å²) in [6.07, 6.45) is 0. The Bertz CT molecular complexity index is 468. The van der Waals surface area contributed by atoms with Crippen LogP contribution in [0, 0.1) is 13.0 Å². The van der Waals surface area contributed by atoms with Gasteiger partial charge in [-0.3, -0.25) is 4.79 Å². The quantitative estimate of drug-likeness (QED) is 0.587. The molecule has 2 rings (SSSR count). The van der Waals surface area contributed by atoms with Crippen molar-refractivity contribution < 1.29 is 4.42 Å². The van der Waals surface area contributed by atoms with Gasteiger partial charge in [0.05, 0.1) is 5.39 Å². The van der Waals surface area contributed by atoms with E-state index in [1.807, 2.05) is 0 Å². The van der Waals surface area contributed by atoms with Crippen LogP contribution in [-0.4, -0.2) is 0 Å². The standard InChI is InChI=1S/C10H7O2/c1-7-6-9(11)8-4-2-3-5-10(8)12-7/h2-4,6H,1H3. The van der Waals surface area contributed by atoms with E-state index < -0.39 is 0 Å². The van der Waals surface area contributed by atoms with Crippen LogP contribution in [-0.2, 0) is 0 Å². The van der Waals surface area contributed by atoms with E-state index in [0.29, 0.717) is 16.7 Å². The van der Waals surface area contributed by atoms with Gasteiger partial charge in [-0.2, -0.15) is 0 Å². The first-order valence-electron chi connectivity index (χ1n) is 3.68. The third kappa shape index (κ3) is 1.01. The Morgan fingerprint density at radius 1 is 1.50 bits per heavy atom. The highest BCUT2D eigenvalue weighted by atomic mass is 16.3. The van der Waals surface area contributed by atoms with Gasteiger partial charge in [0.15, 0.2) is 5.43 Å². The van der Waals surface area contributed by atoms with Gasteiger partial charge in [0.1, 0.15) is 11.3 Å². The molecule has 59 valence electrons. The van der Waals surface area contributed by atoms with Crippen molar-refractivity contribution in [2.24, 2.45) is 0 Å². The zero-order valence-corrected chi connectivity index (χ0v) is 6.63. The van der Waals surface area contributed by atoms with Crippen LogP contribution in [0.5, 0.6) is 0 Å². The van der Waals surface area contributed by atoms with Crippen LogP contribution in [0.2, 0.25) is 0 Å². The summed E-state index contributed by atoms with van der Waals surface area (Å²) < 4.78 is 5.29. The zero-order chi connectivity index (χ0) is 8.55. The molecule has 1 aromatic carbocycles. The molecule has 0 saturated carbocycles. The number of hydrogen-bond acceptors (Lipinski definition) is 2. The SMILES string of the molecule is Cc1cc(=O)c2ccc[c]c2o1. The number of hydrogen-bond donors (Lipinski definition) is 0. The van der Waals surface area contributed by atoms with Crippen LogP contribution in [0.1, 0.15) is 5.76 Å². The molecule has 1 radical (unpaired) electrons. The predicted molar refractivity (Wildman–Crippen MR) is 46.1 cm³/mol. The minimum atomic E-state index is -0.00870. The molecule has 0 spiro atoms. The molecule has 0 fully saturated rings. The van der Waals surface area contributed by atoms with E-state index in [2.05, 4.69) is 6.07 Å². The number of aryl methyl sites for hydroxylation is 1. The molecular formula is C10H7O2. The molecule has 0 N–H and O–H groups in total. The molecule has 12 heavy (non-hydrogen) atoms. The Kier molecular flexibility index (Phi) is 1.47. The molecule has 2 nitrogen and oxygen atoms in total. The summed E-state index contributed by atoms with van der Waals surface area (Å²) in [4.78, 5) is 11.3. The summed E-state index contributed by atoms with van der Waals surface area (Å²) >= 11 is 0. The maximum atomic E-state index is 11.3. The summed E-state index contributed by atoms with van der Waals surface area (Å²) in [7, 11) is 0. The molecule has 0 saturated heterocycles. The third-order valence-electron chi connectivity index (χ3n) is 1.68. The maximum absolute atomic E-state index is 11.3. The van der Waals surface area contributed by atoms with E-state index in [9.17, 15) is 4.79 Å². The summed E-state index contributed by atoms with van der Waals surface area (Å²) in [6.45, 7) is 1.75. The first-order valence-corrected chi connectivity index (χ1v) is 3.68. The van der Waals surface area contributed by atoms with Gasteiger partial charge in [0.25, 0.3) is 0 Å². The first kappa shape index (κ1) is 7.10. The molecule has 0 atom stereocenters. The monoisotopic (exact) mass is 159 g/mol. The molecule has 0 aliphatic carbocycles. The fourth-order valence-electron chi connectivity index (χ4n) is 1.15. The summed E-state index contributed by atoms with van der Waals surface area (Å²) in [5, 5.41) is 0.586. The fraction of sp³-hybridized carbons (Fsp3) is 0.100. The third-order valence-corrected chi connectivity index (χ3v) is 1.68. The zero-order valence-electron chi connectivity index (χ0n) is 6.63. The van der Waals surface area contributed by atoms with Gasteiger partial charge in [0, 0.05) is 12.1 Å². The molecule has 1 heterocycles. The predicted octanol–water partition coefficient (Wildman–Crippen LogP) is 1.90. The highest BCUT2D eigenvalue weighted by molar-refractivity contribution is 5.75. The molecular weight excluding hydrogens is 152 g/mol. The molecule has 0 amide bonds. The number of rotatable bonds is 0. The minimum absolute atomic E-state index is 0.00870. The second kappa shape index (κ2) is 2.48. The highest BCUT2D eigenvalue weighted by Crippen LogP contribution is 2.09. The first-order chi connectivity index (χ1) is 5.77. The molecule has 0 unspecified atom stereocenters. The molecule has 0 aliphatic rings. The van der Waals surface area contributed by atoms with Gasteiger partial charge >= 0.3 is 0 Å². The minimum Gasteiger partial charge on any atom is -0.460 e. The topological polar surface area (TPSA) is 30.2 Å². The number of benzene rings is 1. The van der Waals surface area contributed by atoms with Crippen LogP contribution in [0.4, 0.5) is 0 Å². The lowest BCUT2D eigenvalue weighted by molar-refractivity contribution is 0.564. The fourth-order valence-corrected chi connectivity index (χ4v) is 1.15. The second-order valence-corrected chi connectivity index (χ2v) is 2.63. The second-order valence-electron chi connectivity index (χ2n) is 2.63. The van der Waals surface area contributed by atoms with Crippen molar-refractivity contribution in [2.75, 3.05) is 0 Å². The van der Waals surface area contributed by atoms with E-state index in [0.717, 1.165) is 0 Å². The summed E-state index contributed by atoms with van der Waals surface area (Å²) in [5.41, 5.74) is 0.521. The largest absolute Gasteiger partial charge is 0.460 e. The normalized spacial score (nSPS) is 10.4. The van der Waals surface area contributed by atoms with E-state index in [4.69, 9.17) is 4.42 Å². The van der Waals surface area contributed by atoms with Gasteiger partial charge in [-0.1, -0.05) is 12.1 Å². The van der Waals surface area contributed by atoms with Crippen LogP contribution < -0.4 is 5.43 Å². The average Bonchev–Trinajstić information content (AvgIpc) is 2.04. The lowest BCUT2D eigenvalue weighted by atomic mass is 10.2. The van der Waals surface area contributed by atoms with E-state index in [-0.39, 0.29) is 5.43 Å². The smallest absolute Gasteiger partial charge is 0.192 e. The summed E-state index contributed by atoms with van der Waals surface area (Å²) in [6, 6.07) is 9.58. The van der Waals surface area contributed by atoms with Crippen molar-refractivity contribution in [2.45, 2.75) is 6.92 Å². The van der Waals surface area contributed by atoms with Crippen molar-refractivity contribution in [3.8, 4) is 0 Å². The van der Waals surface area contributed by atoms with Crippen LogP contribution in [0.3, 0.4) is 0 Å². The van der Waals surface area contributed by atoms with Crippen molar-refractivity contribution in [3.63, 3.8) is 0 Å². The van der Waals surface area contributed by atoms with Gasteiger partial charge in [0.2, 0.25) is 0 Å². The van der Waals surface area contributed by atoms with E-state index >= 15 is 0 Å². The van der Waals surface area contributed by atoms with Crippen LogP contribution >= 0.6 is 0 Å². The Balaban J connectivity index is 2.99. The van der Waals surface area contributed by atoms with Gasteiger partial charge < -0.3 is 4.42 Å². The van der Waals surface area contributed by atoms with E-state index in [1.165, 1.54) is 6.07 Å². The highest BCUT2D eigenvalue weighted by Gasteiger charge is 1.99. The molecule has 0 bridgehead atoms. The Labute approximate surface area is 69.4 Å². The lowest BCUT2D eigenvalue weighted by Crippen LogP contribution is -1.99. The number of fused-ring (bicyclic) bond motifs is 1. The van der Waals surface area contributed by atoms with Crippen LogP contribution in [0.25, 0.3) is 11.0 Å². The van der Waals surface area contributed by atoms with Crippen molar-refractivity contribution in [3.05, 3.63) is 46.3 Å². The average molecular weight is 159 g/mol. The maximum Gasteiger partial charge on any atom is 0.192 e.